The highest BCUT2D eigenvalue weighted by molar-refractivity contribution is 6.45. The smallest absolute Gasteiger partial charge is 0.292 e. The zero-order valence-corrected chi connectivity index (χ0v) is 17.6. The summed E-state index contributed by atoms with van der Waals surface area (Å²) in [6.45, 7) is 7.45. The maximum atomic E-state index is 13.0. The molecule has 1 aliphatic carbocycles. The molecular formula is C23H31N3O3. The van der Waals surface area contributed by atoms with E-state index in [4.69, 9.17) is 0 Å². The molecule has 156 valence electrons. The molecule has 1 N–H and O–H groups in total. The standard InChI is InChI=1S/C23H31N3O3/c1-4-25(5-2)21(27)15-26-14-18(17-11-7-9-13-20(17)26)22(28)23(29)24-19-12-8-6-10-16(19)3/h7,9,11,13-14,16,19H,4-6,8,10,12,15H2,1-3H3,(H,24,29)/t16-,19-/m1/s1. The summed E-state index contributed by atoms with van der Waals surface area (Å²) in [5.74, 6) is -0.710. The predicted octanol–water partition coefficient (Wildman–Crippen LogP) is 3.39. The summed E-state index contributed by atoms with van der Waals surface area (Å²) in [7, 11) is 0. The quantitative estimate of drug-likeness (QED) is 0.575. The molecule has 29 heavy (non-hydrogen) atoms. The zero-order chi connectivity index (χ0) is 21.0. The van der Waals surface area contributed by atoms with E-state index in [0.717, 1.165) is 24.8 Å². The van der Waals surface area contributed by atoms with Crippen molar-refractivity contribution in [3.63, 3.8) is 0 Å². The number of amides is 2. The van der Waals surface area contributed by atoms with Gasteiger partial charge >= 0.3 is 0 Å². The van der Waals surface area contributed by atoms with Crippen molar-refractivity contribution in [1.29, 1.82) is 0 Å². The van der Waals surface area contributed by atoms with Gasteiger partial charge in [0.25, 0.3) is 11.7 Å². The van der Waals surface area contributed by atoms with Crippen molar-refractivity contribution < 1.29 is 14.4 Å². The van der Waals surface area contributed by atoms with Crippen molar-refractivity contribution in [2.24, 2.45) is 5.92 Å². The van der Waals surface area contributed by atoms with Crippen LogP contribution in [0.4, 0.5) is 0 Å². The largest absolute Gasteiger partial charge is 0.346 e. The molecule has 1 aromatic heterocycles. The number of carbonyl (C=O) groups excluding carboxylic acids is 3. The van der Waals surface area contributed by atoms with Crippen LogP contribution in [0.1, 0.15) is 56.8 Å². The van der Waals surface area contributed by atoms with Gasteiger partial charge in [-0.3, -0.25) is 14.4 Å². The minimum Gasteiger partial charge on any atom is -0.346 e. The van der Waals surface area contributed by atoms with Crippen LogP contribution in [0.2, 0.25) is 0 Å². The van der Waals surface area contributed by atoms with Crippen molar-refractivity contribution in [1.82, 2.24) is 14.8 Å². The number of hydrogen-bond acceptors (Lipinski definition) is 3. The van der Waals surface area contributed by atoms with E-state index < -0.39 is 11.7 Å². The lowest BCUT2D eigenvalue weighted by Crippen LogP contribution is -2.44. The van der Waals surface area contributed by atoms with Crippen LogP contribution in [0.15, 0.2) is 30.5 Å². The average Bonchev–Trinajstić information content (AvgIpc) is 3.08. The molecule has 2 aromatic rings. The number of carbonyl (C=O) groups is 3. The van der Waals surface area contributed by atoms with Crippen LogP contribution in [-0.4, -0.2) is 46.2 Å². The van der Waals surface area contributed by atoms with Gasteiger partial charge in [-0.25, -0.2) is 0 Å². The average molecular weight is 398 g/mol. The third kappa shape index (κ3) is 4.52. The lowest BCUT2D eigenvalue weighted by molar-refractivity contribution is -0.131. The number of aromatic nitrogens is 1. The number of likely N-dealkylation sites (N-methyl/N-ethyl adjacent to an activating group) is 1. The summed E-state index contributed by atoms with van der Waals surface area (Å²) >= 11 is 0. The molecule has 0 bridgehead atoms. The molecule has 1 heterocycles. The molecule has 6 heteroatoms. The lowest BCUT2D eigenvalue weighted by Gasteiger charge is -2.29. The fourth-order valence-electron chi connectivity index (χ4n) is 4.27. The van der Waals surface area contributed by atoms with Crippen LogP contribution in [-0.2, 0) is 16.1 Å². The Bertz CT molecular complexity index is 898. The molecule has 0 radical (unpaired) electrons. The summed E-state index contributed by atoms with van der Waals surface area (Å²) in [4.78, 5) is 40.0. The Hall–Kier alpha value is -2.63. The Labute approximate surface area is 172 Å². The number of ketones is 1. The summed E-state index contributed by atoms with van der Waals surface area (Å²) in [6.07, 6.45) is 5.90. The van der Waals surface area contributed by atoms with Crippen molar-refractivity contribution in [3.05, 3.63) is 36.0 Å². The number of fused-ring (bicyclic) bond motifs is 1. The second kappa shape index (κ2) is 9.25. The molecule has 2 amide bonds. The number of benzene rings is 1. The third-order valence-electron chi connectivity index (χ3n) is 6.09. The number of nitrogens with one attached hydrogen (secondary N) is 1. The molecule has 6 nitrogen and oxygen atoms in total. The minimum atomic E-state index is -0.554. The molecule has 3 rings (SSSR count). The second-order valence-electron chi connectivity index (χ2n) is 7.92. The Morgan fingerprint density at radius 2 is 1.79 bits per heavy atom. The Morgan fingerprint density at radius 3 is 2.48 bits per heavy atom. The van der Waals surface area contributed by atoms with Crippen LogP contribution >= 0.6 is 0 Å². The van der Waals surface area contributed by atoms with E-state index in [2.05, 4.69) is 12.2 Å². The van der Waals surface area contributed by atoms with E-state index in [1.165, 1.54) is 6.42 Å². The predicted molar refractivity (Wildman–Crippen MR) is 114 cm³/mol. The van der Waals surface area contributed by atoms with Crippen LogP contribution in [0.5, 0.6) is 0 Å². The van der Waals surface area contributed by atoms with E-state index in [1.807, 2.05) is 38.1 Å². The van der Waals surface area contributed by atoms with Crippen LogP contribution in [0.25, 0.3) is 10.9 Å². The summed E-state index contributed by atoms with van der Waals surface area (Å²) in [5.41, 5.74) is 1.14. The summed E-state index contributed by atoms with van der Waals surface area (Å²) < 4.78 is 1.78. The zero-order valence-electron chi connectivity index (χ0n) is 17.6. The molecular weight excluding hydrogens is 366 g/mol. The van der Waals surface area contributed by atoms with E-state index in [1.54, 1.807) is 15.7 Å². The fraction of sp³-hybridized carbons (Fsp3) is 0.522. The number of Topliss-reactive ketones (excluding diaryl/α,β-unsaturated/α-hetero) is 1. The first-order chi connectivity index (χ1) is 14.0. The molecule has 1 aliphatic rings. The van der Waals surface area contributed by atoms with E-state index in [0.29, 0.717) is 30.0 Å². The van der Waals surface area contributed by atoms with Crippen LogP contribution < -0.4 is 5.32 Å². The molecule has 0 aliphatic heterocycles. The molecule has 1 saturated carbocycles. The lowest BCUT2D eigenvalue weighted by atomic mass is 9.86. The van der Waals surface area contributed by atoms with Gasteiger partial charge in [0.05, 0.1) is 5.56 Å². The molecule has 1 aromatic carbocycles. The topological polar surface area (TPSA) is 71.4 Å². The molecule has 0 unspecified atom stereocenters. The van der Waals surface area contributed by atoms with E-state index >= 15 is 0 Å². The first-order valence-corrected chi connectivity index (χ1v) is 10.7. The Balaban J connectivity index is 1.84. The third-order valence-corrected chi connectivity index (χ3v) is 6.09. The molecule has 1 fully saturated rings. The summed E-state index contributed by atoms with van der Waals surface area (Å²) in [5, 5.41) is 3.65. The molecule has 0 spiro atoms. The highest BCUT2D eigenvalue weighted by atomic mass is 16.2. The van der Waals surface area contributed by atoms with Crippen LogP contribution in [0, 0.1) is 5.92 Å². The van der Waals surface area contributed by atoms with E-state index in [9.17, 15) is 14.4 Å². The number of hydrogen-bond donors (Lipinski definition) is 1. The normalized spacial score (nSPS) is 19.1. The van der Waals surface area contributed by atoms with Crippen molar-refractivity contribution in [3.8, 4) is 0 Å². The van der Waals surface area contributed by atoms with Gasteiger partial charge in [-0.1, -0.05) is 38.0 Å². The fourth-order valence-corrected chi connectivity index (χ4v) is 4.27. The van der Waals surface area contributed by atoms with Gasteiger partial charge in [-0.2, -0.15) is 0 Å². The number of nitrogens with zero attached hydrogens (tertiary/aromatic N) is 2. The van der Waals surface area contributed by atoms with Crippen LogP contribution in [0.3, 0.4) is 0 Å². The Kier molecular flexibility index (Phi) is 6.72. The van der Waals surface area contributed by atoms with Crippen molar-refractivity contribution in [2.45, 2.75) is 59.0 Å². The SMILES string of the molecule is CCN(CC)C(=O)Cn1cc(C(=O)C(=O)N[C@@H]2CCCC[C@H]2C)c2ccccc21. The minimum absolute atomic E-state index is 0.00441. The highest BCUT2D eigenvalue weighted by Crippen LogP contribution is 2.25. The maximum absolute atomic E-state index is 13.0. The van der Waals surface area contributed by atoms with Gasteiger partial charge in [0.1, 0.15) is 6.54 Å². The van der Waals surface area contributed by atoms with E-state index in [-0.39, 0.29) is 18.5 Å². The highest BCUT2D eigenvalue weighted by Gasteiger charge is 2.28. The molecule has 2 atom stereocenters. The monoisotopic (exact) mass is 397 g/mol. The number of rotatable bonds is 7. The second-order valence-corrected chi connectivity index (χ2v) is 7.92. The van der Waals surface area contributed by atoms with Gasteiger partial charge in [0.15, 0.2) is 0 Å². The van der Waals surface area contributed by atoms with Gasteiger partial charge in [-0.05, 0) is 38.7 Å². The number of para-hydroxylation sites is 1. The first kappa shape index (κ1) is 21.1. The van der Waals surface area contributed by atoms with Gasteiger partial charge < -0.3 is 14.8 Å². The first-order valence-electron chi connectivity index (χ1n) is 10.7. The summed E-state index contributed by atoms with van der Waals surface area (Å²) in [6, 6.07) is 7.48. The Morgan fingerprint density at radius 1 is 1.10 bits per heavy atom. The van der Waals surface area contributed by atoms with Gasteiger partial charge in [0, 0.05) is 36.2 Å². The maximum Gasteiger partial charge on any atom is 0.292 e. The van der Waals surface area contributed by atoms with Gasteiger partial charge in [-0.15, -0.1) is 0 Å². The van der Waals surface area contributed by atoms with Gasteiger partial charge in [0.2, 0.25) is 5.91 Å². The van der Waals surface area contributed by atoms with Crippen molar-refractivity contribution in [2.75, 3.05) is 13.1 Å². The molecule has 0 saturated heterocycles. The van der Waals surface area contributed by atoms with Crippen molar-refractivity contribution >= 4 is 28.5 Å².